The summed E-state index contributed by atoms with van der Waals surface area (Å²) >= 11 is 0. The van der Waals surface area contributed by atoms with E-state index in [1.807, 2.05) is 0 Å². The van der Waals surface area contributed by atoms with Gasteiger partial charge in [-0.1, -0.05) is 20.3 Å². The summed E-state index contributed by atoms with van der Waals surface area (Å²) in [7, 11) is 0. The van der Waals surface area contributed by atoms with E-state index in [9.17, 15) is 14.7 Å². The van der Waals surface area contributed by atoms with Crippen LogP contribution >= 0.6 is 0 Å². The van der Waals surface area contributed by atoms with Gasteiger partial charge in [-0.05, 0) is 49.4 Å². The maximum atomic E-state index is 11.9. The molecule has 0 aliphatic carbocycles. The maximum absolute atomic E-state index is 11.9. The molecule has 5 nitrogen and oxygen atoms in total. The normalized spacial score (nSPS) is 10.5. The van der Waals surface area contributed by atoms with Gasteiger partial charge in [0.15, 0.2) is 0 Å². The van der Waals surface area contributed by atoms with Crippen LogP contribution in [0.4, 0.5) is 0 Å². The van der Waals surface area contributed by atoms with Crippen molar-refractivity contribution in [2.75, 3.05) is 13.2 Å². The van der Waals surface area contributed by atoms with E-state index in [1.54, 1.807) is 24.3 Å². The third-order valence-electron chi connectivity index (χ3n) is 3.04. The zero-order chi connectivity index (χ0) is 16.4. The number of amides is 1. The Balaban J connectivity index is 2.26. The van der Waals surface area contributed by atoms with Crippen molar-refractivity contribution in [2.45, 2.75) is 39.5 Å². The number of benzene rings is 1. The molecular weight excluding hydrogens is 282 g/mol. The highest BCUT2D eigenvalue weighted by Crippen LogP contribution is 2.13. The van der Waals surface area contributed by atoms with Crippen molar-refractivity contribution in [3.63, 3.8) is 0 Å². The van der Waals surface area contributed by atoms with E-state index in [4.69, 9.17) is 4.74 Å². The predicted octanol–water partition coefficient (Wildman–Crippen LogP) is 1.76. The van der Waals surface area contributed by atoms with Crippen molar-refractivity contribution in [1.82, 2.24) is 5.32 Å². The van der Waals surface area contributed by atoms with Crippen molar-refractivity contribution in [3.05, 3.63) is 29.8 Å². The molecular formula is C17H24NO4-. The lowest BCUT2D eigenvalue weighted by Crippen LogP contribution is -2.24. The van der Waals surface area contributed by atoms with Crippen molar-refractivity contribution in [2.24, 2.45) is 5.92 Å². The Morgan fingerprint density at radius 1 is 1.14 bits per heavy atom. The summed E-state index contributed by atoms with van der Waals surface area (Å²) < 4.78 is 5.56. The number of hydrogen-bond donors (Lipinski definition) is 1. The Bertz CT molecular complexity index is 468. The topological polar surface area (TPSA) is 78.5 Å². The molecule has 0 aliphatic rings. The summed E-state index contributed by atoms with van der Waals surface area (Å²) in [5.74, 6) is 0.0616. The van der Waals surface area contributed by atoms with Crippen molar-refractivity contribution in [1.29, 1.82) is 0 Å². The molecule has 0 saturated carbocycles. The smallest absolute Gasteiger partial charge is 0.251 e. The van der Waals surface area contributed by atoms with E-state index in [0.717, 1.165) is 18.6 Å². The number of nitrogens with one attached hydrogen (secondary N) is 1. The maximum Gasteiger partial charge on any atom is 0.251 e. The molecule has 0 aromatic heterocycles. The average Bonchev–Trinajstić information content (AvgIpc) is 2.48. The van der Waals surface area contributed by atoms with Crippen molar-refractivity contribution >= 4 is 11.9 Å². The van der Waals surface area contributed by atoms with E-state index in [2.05, 4.69) is 19.2 Å². The lowest BCUT2D eigenvalue weighted by molar-refractivity contribution is -0.305. The number of unbranched alkanes of at least 4 members (excludes halogenated alkanes) is 2. The Labute approximate surface area is 131 Å². The van der Waals surface area contributed by atoms with Crippen LogP contribution in [0.3, 0.4) is 0 Å². The Kier molecular flexibility index (Phi) is 8.04. The number of carbonyl (C=O) groups excluding carboxylic acids is 2. The van der Waals surface area contributed by atoms with Gasteiger partial charge in [-0.2, -0.15) is 0 Å². The van der Waals surface area contributed by atoms with Crippen LogP contribution < -0.4 is 15.2 Å². The first kappa shape index (κ1) is 18.0. The number of hydrogen-bond acceptors (Lipinski definition) is 4. The predicted molar refractivity (Wildman–Crippen MR) is 82.6 cm³/mol. The number of ether oxygens (including phenoxy) is 1. The van der Waals surface area contributed by atoms with E-state index in [0.29, 0.717) is 31.1 Å². The first-order valence-corrected chi connectivity index (χ1v) is 7.70. The molecule has 0 fully saturated rings. The fourth-order valence-corrected chi connectivity index (χ4v) is 1.84. The molecule has 0 radical (unpaired) electrons. The first-order chi connectivity index (χ1) is 10.5. The molecule has 0 bridgehead atoms. The Hall–Kier alpha value is -2.04. The summed E-state index contributed by atoms with van der Waals surface area (Å²) in [6.07, 6.45) is 2.18. The minimum absolute atomic E-state index is 0.0752. The molecule has 5 heteroatoms. The molecule has 1 N–H and O–H groups in total. The van der Waals surface area contributed by atoms with Gasteiger partial charge in [0, 0.05) is 18.1 Å². The zero-order valence-electron chi connectivity index (χ0n) is 13.3. The second-order valence-corrected chi connectivity index (χ2v) is 5.67. The van der Waals surface area contributed by atoms with E-state index in [1.165, 1.54) is 0 Å². The monoisotopic (exact) mass is 306 g/mol. The molecule has 0 atom stereocenters. The highest BCUT2D eigenvalue weighted by Gasteiger charge is 2.05. The first-order valence-electron chi connectivity index (χ1n) is 7.70. The minimum atomic E-state index is -1.02. The number of aliphatic carboxylic acids is 1. The third kappa shape index (κ3) is 7.67. The SMILES string of the molecule is CC(C)COc1ccc(C(=O)NCCCCCC(=O)[O-])cc1. The van der Waals surface area contributed by atoms with Crippen LogP contribution in [0.5, 0.6) is 5.75 Å². The molecule has 1 amide bonds. The van der Waals surface area contributed by atoms with Crippen LogP contribution in [-0.4, -0.2) is 25.0 Å². The molecule has 1 rings (SSSR count). The molecule has 0 unspecified atom stereocenters. The van der Waals surface area contributed by atoms with Gasteiger partial charge in [0.2, 0.25) is 0 Å². The van der Waals surface area contributed by atoms with Crippen LogP contribution in [0.1, 0.15) is 49.9 Å². The molecule has 0 saturated heterocycles. The third-order valence-corrected chi connectivity index (χ3v) is 3.04. The molecule has 0 heterocycles. The van der Waals surface area contributed by atoms with Gasteiger partial charge in [0.25, 0.3) is 5.91 Å². The summed E-state index contributed by atoms with van der Waals surface area (Å²) in [5.41, 5.74) is 0.589. The van der Waals surface area contributed by atoms with Crippen LogP contribution in [0.25, 0.3) is 0 Å². The lowest BCUT2D eigenvalue weighted by Gasteiger charge is -2.09. The Morgan fingerprint density at radius 2 is 1.82 bits per heavy atom. The largest absolute Gasteiger partial charge is 0.550 e. The molecule has 1 aromatic rings. The zero-order valence-corrected chi connectivity index (χ0v) is 13.3. The van der Waals surface area contributed by atoms with Crippen molar-refractivity contribution in [3.8, 4) is 5.75 Å². The summed E-state index contributed by atoms with van der Waals surface area (Å²) in [5, 5.41) is 13.1. The molecule has 0 aliphatic heterocycles. The van der Waals surface area contributed by atoms with E-state index >= 15 is 0 Å². The second-order valence-electron chi connectivity index (χ2n) is 5.67. The van der Waals surface area contributed by atoms with Crippen LogP contribution in [-0.2, 0) is 4.79 Å². The summed E-state index contributed by atoms with van der Waals surface area (Å²) in [4.78, 5) is 22.2. The van der Waals surface area contributed by atoms with Gasteiger partial charge in [-0.15, -0.1) is 0 Å². The van der Waals surface area contributed by atoms with Crippen molar-refractivity contribution < 1.29 is 19.4 Å². The fraction of sp³-hybridized carbons (Fsp3) is 0.529. The van der Waals surface area contributed by atoms with Gasteiger partial charge in [-0.3, -0.25) is 4.79 Å². The van der Waals surface area contributed by atoms with Crippen LogP contribution in [0.15, 0.2) is 24.3 Å². The van der Waals surface area contributed by atoms with Gasteiger partial charge in [0.1, 0.15) is 5.75 Å². The standard InChI is InChI=1S/C17H25NO4/c1-13(2)12-22-15-9-7-14(8-10-15)17(21)18-11-5-3-4-6-16(19)20/h7-10,13H,3-6,11-12H2,1-2H3,(H,18,21)(H,19,20)/p-1. The van der Waals surface area contributed by atoms with E-state index in [-0.39, 0.29) is 12.3 Å². The van der Waals surface area contributed by atoms with Gasteiger partial charge in [-0.25, -0.2) is 0 Å². The van der Waals surface area contributed by atoms with Gasteiger partial charge in [0.05, 0.1) is 6.61 Å². The minimum Gasteiger partial charge on any atom is -0.550 e. The second kappa shape index (κ2) is 9.82. The fourth-order valence-electron chi connectivity index (χ4n) is 1.84. The molecule has 122 valence electrons. The number of carboxylic acid groups (broad SMARTS) is 1. The summed E-state index contributed by atoms with van der Waals surface area (Å²) in [6.45, 7) is 5.35. The van der Waals surface area contributed by atoms with Gasteiger partial charge >= 0.3 is 0 Å². The van der Waals surface area contributed by atoms with Crippen LogP contribution in [0.2, 0.25) is 0 Å². The van der Waals surface area contributed by atoms with E-state index < -0.39 is 5.97 Å². The quantitative estimate of drug-likeness (QED) is 0.668. The molecule has 0 spiro atoms. The average molecular weight is 306 g/mol. The number of carboxylic acids is 1. The molecule has 1 aromatic carbocycles. The number of rotatable bonds is 10. The lowest BCUT2D eigenvalue weighted by atomic mass is 10.1. The summed E-state index contributed by atoms with van der Waals surface area (Å²) in [6, 6.07) is 7.05. The van der Waals surface area contributed by atoms with Crippen LogP contribution in [0, 0.1) is 5.92 Å². The highest BCUT2D eigenvalue weighted by atomic mass is 16.5. The Morgan fingerprint density at radius 3 is 2.41 bits per heavy atom. The van der Waals surface area contributed by atoms with Gasteiger partial charge < -0.3 is 20.0 Å². The molecule has 22 heavy (non-hydrogen) atoms. The highest BCUT2D eigenvalue weighted by molar-refractivity contribution is 5.94. The number of carbonyl (C=O) groups is 2.